The third-order valence-electron chi connectivity index (χ3n) is 5.12. The number of hydrogen-bond donors (Lipinski definition) is 2. The van der Waals surface area contributed by atoms with Crippen LogP contribution in [0.15, 0.2) is 54.7 Å². The van der Waals surface area contributed by atoms with Crippen LogP contribution >= 0.6 is 0 Å². The minimum Gasteiger partial charge on any atom is -0.497 e. The Kier molecular flexibility index (Phi) is 7.49. The maximum absolute atomic E-state index is 12.3. The van der Waals surface area contributed by atoms with Gasteiger partial charge >= 0.3 is 5.97 Å². The lowest BCUT2D eigenvalue weighted by Gasteiger charge is -2.18. The number of carbonyl (C=O) groups excluding carboxylic acids is 2. The maximum Gasteiger partial charge on any atom is 0.306 e. The summed E-state index contributed by atoms with van der Waals surface area (Å²) in [5.74, 6) is 0.0692. The average molecular weight is 408 g/mol. The van der Waals surface area contributed by atoms with E-state index in [1.807, 2.05) is 55.6 Å². The number of hydrogen-bond acceptors (Lipinski definition) is 4. The highest BCUT2D eigenvalue weighted by molar-refractivity contribution is 5.84. The lowest BCUT2D eigenvalue weighted by molar-refractivity contribution is -0.148. The molecule has 1 amide bonds. The minimum absolute atomic E-state index is 0.0631. The topological polar surface area (TPSA) is 80.4 Å². The van der Waals surface area contributed by atoms with Gasteiger partial charge in [0, 0.05) is 36.0 Å². The predicted molar refractivity (Wildman–Crippen MR) is 117 cm³/mol. The molecule has 1 atom stereocenters. The number of amides is 1. The molecule has 2 aromatic carbocycles. The second-order valence-corrected chi connectivity index (χ2v) is 7.18. The zero-order valence-electron chi connectivity index (χ0n) is 17.4. The lowest BCUT2D eigenvalue weighted by atomic mass is 9.91. The van der Waals surface area contributed by atoms with Crippen molar-refractivity contribution in [3.05, 3.63) is 65.9 Å². The first-order chi connectivity index (χ1) is 14.6. The van der Waals surface area contributed by atoms with Crippen molar-refractivity contribution in [2.24, 2.45) is 0 Å². The molecule has 3 aromatic rings. The van der Waals surface area contributed by atoms with Crippen molar-refractivity contribution in [2.75, 3.05) is 20.3 Å². The molecule has 0 saturated heterocycles. The Morgan fingerprint density at radius 2 is 1.87 bits per heavy atom. The quantitative estimate of drug-likeness (QED) is 0.494. The summed E-state index contributed by atoms with van der Waals surface area (Å²) >= 11 is 0. The zero-order valence-corrected chi connectivity index (χ0v) is 17.4. The Labute approximate surface area is 176 Å². The number of ether oxygens (including phenoxy) is 2. The first-order valence-corrected chi connectivity index (χ1v) is 10.2. The number of esters is 1. The number of carbonyl (C=O) groups is 2. The van der Waals surface area contributed by atoms with Gasteiger partial charge in [-0.3, -0.25) is 9.59 Å². The van der Waals surface area contributed by atoms with Crippen molar-refractivity contribution >= 4 is 22.8 Å². The molecule has 0 aliphatic rings. The SMILES string of the molecule is CCCCC(=O)OCC(=O)NC[C@H](c1ccc(OC)cc1)c1c[nH]c2ccccc12. The Bertz CT molecular complexity index is 978. The fourth-order valence-electron chi connectivity index (χ4n) is 3.43. The molecule has 0 unspecified atom stereocenters. The Morgan fingerprint density at radius 1 is 1.10 bits per heavy atom. The van der Waals surface area contributed by atoms with Crippen molar-refractivity contribution < 1.29 is 19.1 Å². The van der Waals surface area contributed by atoms with E-state index in [-0.39, 0.29) is 24.4 Å². The number of nitrogens with one attached hydrogen (secondary N) is 2. The summed E-state index contributed by atoms with van der Waals surface area (Å²) in [6.45, 7) is 2.13. The molecule has 158 valence electrons. The molecule has 0 aliphatic heterocycles. The summed E-state index contributed by atoms with van der Waals surface area (Å²) in [4.78, 5) is 27.2. The monoisotopic (exact) mass is 408 g/mol. The van der Waals surface area contributed by atoms with E-state index in [4.69, 9.17) is 9.47 Å². The van der Waals surface area contributed by atoms with Gasteiger partial charge in [0.1, 0.15) is 5.75 Å². The number of aromatic nitrogens is 1. The van der Waals surface area contributed by atoms with Crippen molar-refractivity contribution in [3.8, 4) is 5.75 Å². The maximum atomic E-state index is 12.3. The first-order valence-electron chi connectivity index (χ1n) is 10.2. The number of unbranched alkanes of at least 4 members (excludes halogenated alkanes) is 1. The van der Waals surface area contributed by atoms with Crippen LogP contribution in [0.25, 0.3) is 10.9 Å². The van der Waals surface area contributed by atoms with E-state index in [9.17, 15) is 9.59 Å². The van der Waals surface area contributed by atoms with Crippen LogP contribution in [0.4, 0.5) is 0 Å². The summed E-state index contributed by atoms with van der Waals surface area (Å²) in [6.07, 6.45) is 4.00. The molecule has 0 radical (unpaired) electrons. The van der Waals surface area contributed by atoms with Gasteiger partial charge in [-0.2, -0.15) is 0 Å². The molecule has 0 bridgehead atoms. The van der Waals surface area contributed by atoms with Crippen LogP contribution in [0.3, 0.4) is 0 Å². The highest BCUT2D eigenvalue weighted by Crippen LogP contribution is 2.31. The highest BCUT2D eigenvalue weighted by Gasteiger charge is 2.19. The average Bonchev–Trinajstić information content (AvgIpc) is 3.21. The third-order valence-corrected chi connectivity index (χ3v) is 5.12. The van der Waals surface area contributed by atoms with Crippen LogP contribution in [0.5, 0.6) is 5.75 Å². The fourth-order valence-corrected chi connectivity index (χ4v) is 3.43. The number of methoxy groups -OCH3 is 1. The van der Waals surface area contributed by atoms with Crippen molar-refractivity contribution in [1.82, 2.24) is 10.3 Å². The molecular formula is C24H28N2O4. The van der Waals surface area contributed by atoms with Gasteiger partial charge in [0.15, 0.2) is 6.61 Å². The van der Waals surface area contributed by atoms with E-state index in [2.05, 4.69) is 16.4 Å². The Balaban J connectivity index is 1.73. The molecule has 6 nitrogen and oxygen atoms in total. The first kappa shape index (κ1) is 21.4. The molecule has 6 heteroatoms. The van der Waals surface area contributed by atoms with Gasteiger partial charge in [0.05, 0.1) is 7.11 Å². The van der Waals surface area contributed by atoms with E-state index in [1.54, 1.807) is 7.11 Å². The number of benzene rings is 2. The predicted octanol–water partition coefficient (Wildman–Crippen LogP) is 4.16. The summed E-state index contributed by atoms with van der Waals surface area (Å²) in [6, 6.07) is 15.9. The number of rotatable bonds is 10. The van der Waals surface area contributed by atoms with Crippen molar-refractivity contribution in [3.63, 3.8) is 0 Å². The number of H-pyrrole nitrogens is 1. The fraction of sp³-hybridized carbons (Fsp3) is 0.333. The molecule has 2 N–H and O–H groups in total. The van der Waals surface area contributed by atoms with Gasteiger partial charge < -0.3 is 19.8 Å². The van der Waals surface area contributed by atoms with Crippen LogP contribution in [0.2, 0.25) is 0 Å². The number of para-hydroxylation sites is 1. The zero-order chi connectivity index (χ0) is 21.3. The van der Waals surface area contributed by atoms with E-state index in [1.165, 1.54) is 0 Å². The molecule has 0 aliphatic carbocycles. The van der Waals surface area contributed by atoms with Gasteiger partial charge in [-0.25, -0.2) is 0 Å². The molecule has 0 saturated carbocycles. The molecule has 0 spiro atoms. The van der Waals surface area contributed by atoms with Crippen molar-refractivity contribution in [1.29, 1.82) is 0 Å². The Hall–Kier alpha value is -3.28. The van der Waals surface area contributed by atoms with E-state index in [0.717, 1.165) is 40.6 Å². The largest absolute Gasteiger partial charge is 0.497 e. The van der Waals surface area contributed by atoms with Crippen LogP contribution in [0, 0.1) is 0 Å². The molecule has 1 heterocycles. The van der Waals surface area contributed by atoms with E-state index in [0.29, 0.717) is 13.0 Å². The molecular weight excluding hydrogens is 380 g/mol. The molecule has 0 fully saturated rings. The normalized spacial score (nSPS) is 11.8. The van der Waals surface area contributed by atoms with Crippen LogP contribution in [-0.4, -0.2) is 37.1 Å². The van der Waals surface area contributed by atoms with Gasteiger partial charge in [0.2, 0.25) is 0 Å². The van der Waals surface area contributed by atoms with Crippen LogP contribution < -0.4 is 10.1 Å². The van der Waals surface area contributed by atoms with Crippen LogP contribution in [-0.2, 0) is 14.3 Å². The van der Waals surface area contributed by atoms with E-state index >= 15 is 0 Å². The molecule has 1 aromatic heterocycles. The van der Waals surface area contributed by atoms with Gasteiger partial charge in [0.25, 0.3) is 5.91 Å². The lowest BCUT2D eigenvalue weighted by Crippen LogP contribution is -2.32. The number of aromatic amines is 1. The van der Waals surface area contributed by atoms with Crippen molar-refractivity contribution in [2.45, 2.75) is 32.1 Å². The Morgan fingerprint density at radius 3 is 2.60 bits per heavy atom. The third kappa shape index (κ3) is 5.41. The second-order valence-electron chi connectivity index (χ2n) is 7.18. The number of fused-ring (bicyclic) bond motifs is 1. The van der Waals surface area contributed by atoms with E-state index < -0.39 is 0 Å². The summed E-state index contributed by atoms with van der Waals surface area (Å²) < 4.78 is 10.3. The summed E-state index contributed by atoms with van der Waals surface area (Å²) in [5, 5.41) is 4.02. The standard InChI is InChI=1S/C24H28N2O4/c1-3-4-9-24(28)30-16-23(27)26-14-20(17-10-12-18(29-2)13-11-17)21-15-25-22-8-6-5-7-19(21)22/h5-8,10-13,15,20,25H,3-4,9,14,16H2,1-2H3,(H,26,27)/t20-/m1/s1. The van der Waals surface area contributed by atoms with Gasteiger partial charge in [-0.15, -0.1) is 0 Å². The van der Waals surface area contributed by atoms with Gasteiger partial charge in [-0.05, 0) is 35.7 Å². The smallest absolute Gasteiger partial charge is 0.306 e. The summed E-state index contributed by atoms with van der Waals surface area (Å²) in [5.41, 5.74) is 3.19. The highest BCUT2D eigenvalue weighted by atomic mass is 16.5. The minimum atomic E-state index is -0.338. The molecule has 3 rings (SSSR count). The summed E-state index contributed by atoms with van der Waals surface area (Å²) in [7, 11) is 1.63. The van der Waals surface area contributed by atoms with Crippen LogP contribution in [0.1, 0.15) is 43.2 Å². The molecule has 30 heavy (non-hydrogen) atoms. The second kappa shape index (κ2) is 10.5. The van der Waals surface area contributed by atoms with Gasteiger partial charge in [-0.1, -0.05) is 43.7 Å².